The van der Waals surface area contributed by atoms with Crippen LogP contribution < -0.4 is 5.32 Å². The zero-order valence-electron chi connectivity index (χ0n) is 12.3. The van der Waals surface area contributed by atoms with Gasteiger partial charge in [-0.2, -0.15) is 0 Å². The average molecular weight is 264 g/mol. The highest BCUT2D eigenvalue weighted by Gasteiger charge is 2.59. The maximum Gasteiger partial charge on any atom is 0.0594 e. The standard InChI is InChI=1S/C16H28N2O/c1-2-17-15-8-13-7-14(9-15)11-16(10-13,12-15)18-3-5-19-6-4-18/h13-14,17H,2-12H2,1H3. The van der Waals surface area contributed by atoms with Gasteiger partial charge in [0.25, 0.3) is 0 Å². The van der Waals surface area contributed by atoms with Crippen LogP contribution in [0.2, 0.25) is 0 Å². The number of rotatable bonds is 3. The average Bonchev–Trinajstić information content (AvgIpc) is 2.38. The molecule has 1 saturated heterocycles. The van der Waals surface area contributed by atoms with Crippen LogP contribution >= 0.6 is 0 Å². The van der Waals surface area contributed by atoms with Gasteiger partial charge in [-0.25, -0.2) is 0 Å². The first kappa shape index (κ1) is 12.6. The molecule has 1 aliphatic heterocycles. The lowest BCUT2D eigenvalue weighted by Crippen LogP contribution is -2.70. The second-order valence-electron chi connectivity index (χ2n) is 7.60. The number of hydrogen-bond acceptors (Lipinski definition) is 3. The van der Waals surface area contributed by atoms with E-state index in [9.17, 15) is 0 Å². The lowest BCUT2D eigenvalue weighted by molar-refractivity contribution is -0.131. The molecule has 1 N–H and O–H groups in total. The number of nitrogens with zero attached hydrogens (tertiary/aromatic N) is 1. The molecule has 2 atom stereocenters. The van der Waals surface area contributed by atoms with E-state index in [0.717, 1.165) is 31.6 Å². The van der Waals surface area contributed by atoms with Crippen LogP contribution in [0, 0.1) is 11.8 Å². The number of morpholine rings is 1. The first-order chi connectivity index (χ1) is 9.24. The molecule has 4 saturated carbocycles. The largest absolute Gasteiger partial charge is 0.379 e. The van der Waals surface area contributed by atoms with Gasteiger partial charge in [0.05, 0.1) is 13.2 Å². The summed E-state index contributed by atoms with van der Waals surface area (Å²) in [6.07, 6.45) is 8.75. The molecule has 2 unspecified atom stereocenters. The van der Waals surface area contributed by atoms with E-state index in [4.69, 9.17) is 4.74 Å². The molecule has 5 aliphatic rings. The van der Waals surface area contributed by atoms with E-state index in [-0.39, 0.29) is 0 Å². The minimum Gasteiger partial charge on any atom is -0.379 e. The Morgan fingerprint density at radius 1 is 1.11 bits per heavy atom. The van der Waals surface area contributed by atoms with Gasteiger partial charge in [-0.1, -0.05) is 6.92 Å². The zero-order valence-corrected chi connectivity index (χ0v) is 12.3. The van der Waals surface area contributed by atoms with Gasteiger partial charge >= 0.3 is 0 Å². The van der Waals surface area contributed by atoms with Crippen molar-refractivity contribution in [3.8, 4) is 0 Å². The van der Waals surface area contributed by atoms with Crippen molar-refractivity contribution >= 4 is 0 Å². The minimum absolute atomic E-state index is 0.483. The summed E-state index contributed by atoms with van der Waals surface area (Å²) in [5.41, 5.74) is 1.01. The van der Waals surface area contributed by atoms with E-state index in [1.807, 2.05) is 0 Å². The molecule has 0 aromatic carbocycles. The molecule has 108 valence electrons. The van der Waals surface area contributed by atoms with Crippen molar-refractivity contribution in [1.82, 2.24) is 10.2 Å². The normalized spacial score (nSPS) is 49.7. The summed E-state index contributed by atoms with van der Waals surface area (Å²) in [6, 6.07) is 0. The van der Waals surface area contributed by atoms with E-state index in [2.05, 4.69) is 17.1 Å². The number of nitrogens with one attached hydrogen (secondary N) is 1. The summed E-state index contributed by atoms with van der Waals surface area (Å²) >= 11 is 0. The van der Waals surface area contributed by atoms with Gasteiger partial charge in [0.15, 0.2) is 0 Å². The lowest BCUT2D eigenvalue weighted by Gasteiger charge is -2.65. The molecule has 4 aliphatic carbocycles. The third-order valence-electron chi connectivity index (χ3n) is 6.26. The molecule has 0 aromatic heterocycles. The predicted molar refractivity (Wildman–Crippen MR) is 76.2 cm³/mol. The van der Waals surface area contributed by atoms with Crippen molar-refractivity contribution < 1.29 is 4.74 Å². The van der Waals surface area contributed by atoms with E-state index in [0.29, 0.717) is 11.1 Å². The fourth-order valence-electron chi connectivity index (χ4n) is 6.20. The Balaban J connectivity index is 1.62. The van der Waals surface area contributed by atoms with Gasteiger partial charge in [-0.3, -0.25) is 4.90 Å². The molecule has 5 rings (SSSR count). The van der Waals surface area contributed by atoms with Crippen molar-refractivity contribution in [1.29, 1.82) is 0 Å². The Morgan fingerprint density at radius 3 is 2.42 bits per heavy atom. The number of hydrogen-bond donors (Lipinski definition) is 1. The molecule has 0 amide bonds. The molecular weight excluding hydrogens is 236 g/mol. The van der Waals surface area contributed by atoms with Gasteiger partial charge < -0.3 is 10.1 Å². The monoisotopic (exact) mass is 264 g/mol. The van der Waals surface area contributed by atoms with Gasteiger partial charge in [-0.15, -0.1) is 0 Å². The Morgan fingerprint density at radius 2 is 1.79 bits per heavy atom. The maximum atomic E-state index is 5.58. The van der Waals surface area contributed by atoms with Crippen LogP contribution in [0.1, 0.15) is 45.4 Å². The molecule has 3 heteroatoms. The Hall–Kier alpha value is -0.120. The van der Waals surface area contributed by atoms with Crippen molar-refractivity contribution in [2.45, 2.75) is 56.5 Å². The SMILES string of the molecule is CCNC12CC3CC(C1)CC(N1CCOCC1)(C3)C2. The summed E-state index contributed by atoms with van der Waals surface area (Å²) in [7, 11) is 0. The fraction of sp³-hybridized carbons (Fsp3) is 1.00. The van der Waals surface area contributed by atoms with Gasteiger partial charge in [0, 0.05) is 24.2 Å². The Labute approximate surface area is 117 Å². The van der Waals surface area contributed by atoms with E-state index in [1.165, 1.54) is 51.6 Å². The zero-order chi connectivity index (χ0) is 12.9. The first-order valence-corrected chi connectivity index (χ1v) is 8.31. The summed E-state index contributed by atoms with van der Waals surface area (Å²) in [5, 5.41) is 3.90. The van der Waals surface area contributed by atoms with E-state index < -0.39 is 0 Å². The van der Waals surface area contributed by atoms with Gasteiger partial charge in [-0.05, 0) is 56.9 Å². The topological polar surface area (TPSA) is 24.5 Å². The molecule has 0 spiro atoms. The van der Waals surface area contributed by atoms with Gasteiger partial charge in [0.1, 0.15) is 0 Å². The van der Waals surface area contributed by atoms with Crippen LogP contribution in [-0.4, -0.2) is 48.8 Å². The molecule has 4 bridgehead atoms. The van der Waals surface area contributed by atoms with Crippen molar-refractivity contribution in [2.24, 2.45) is 11.8 Å². The molecule has 5 fully saturated rings. The van der Waals surface area contributed by atoms with Crippen LogP contribution in [0.5, 0.6) is 0 Å². The lowest BCUT2D eigenvalue weighted by atomic mass is 9.49. The molecule has 3 nitrogen and oxygen atoms in total. The highest BCUT2D eigenvalue weighted by molar-refractivity contribution is 5.16. The quantitative estimate of drug-likeness (QED) is 0.844. The summed E-state index contributed by atoms with van der Waals surface area (Å²) < 4.78 is 5.58. The molecular formula is C16H28N2O. The van der Waals surface area contributed by atoms with Crippen molar-refractivity contribution in [3.05, 3.63) is 0 Å². The second-order valence-corrected chi connectivity index (χ2v) is 7.60. The van der Waals surface area contributed by atoms with Crippen LogP contribution in [0.25, 0.3) is 0 Å². The highest BCUT2D eigenvalue weighted by atomic mass is 16.5. The molecule has 1 heterocycles. The minimum atomic E-state index is 0.483. The Bertz CT molecular complexity index is 337. The smallest absolute Gasteiger partial charge is 0.0594 e. The third kappa shape index (κ3) is 1.97. The van der Waals surface area contributed by atoms with Gasteiger partial charge in [0.2, 0.25) is 0 Å². The first-order valence-electron chi connectivity index (χ1n) is 8.31. The van der Waals surface area contributed by atoms with Crippen LogP contribution in [0.3, 0.4) is 0 Å². The third-order valence-corrected chi connectivity index (χ3v) is 6.26. The second kappa shape index (κ2) is 4.44. The molecule has 19 heavy (non-hydrogen) atoms. The van der Waals surface area contributed by atoms with Crippen molar-refractivity contribution in [3.63, 3.8) is 0 Å². The van der Waals surface area contributed by atoms with E-state index >= 15 is 0 Å². The molecule has 0 aromatic rings. The number of ether oxygens (including phenoxy) is 1. The van der Waals surface area contributed by atoms with Crippen molar-refractivity contribution in [2.75, 3.05) is 32.8 Å². The summed E-state index contributed by atoms with van der Waals surface area (Å²) in [6.45, 7) is 7.65. The maximum absolute atomic E-state index is 5.58. The Kier molecular flexibility index (Phi) is 2.95. The van der Waals surface area contributed by atoms with E-state index in [1.54, 1.807) is 0 Å². The fourth-order valence-corrected chi connectivity index (χ4v) is 6.20. The predicted octanol–water partition coefficient (Wildman–Crippen LogP) is 2.02. The summed E-state index contributed by atoms with van der Waals surface area (Å²) in [4.78, 5) is 2.81. The van der Waals surface area contributed by atoms with Crippen LogP contribution in [0.4, 0.5) is 0 Å². The van der Waals surface area contributed by atoms with Crippen LogP contribution in [0.15, 0.2) is 0 Å². The summed E-state index contributed by atoms with van der Waals surface area (Å²) in [5.74, 6) is 1.98. The van der Waals surface area contributed by atoms with Crippen LogP contribution in [-0.2, 0) is 4.74 Å². The highest BCUT2D eigenvalue weighted by Crippen LogP contribution is 2.59. The molecule has 0 radical (unpaired) electrons.